The van der Waals surface area contributed by atoms with Crippen molar-refractivity contribution in [3.8, 4) is 0 Å². The van der Waals surface area contributed by atoms with Gasteiger partial charge in [-0.1, -0.05) is 18.2 Å². The van der Waals surface area contributed by atoms with Crippen LogP contribution in [0.15, 0.2) is 35.3 Å². The van der Waals surface area contributed by atoms with Gasteiger partial charge >= 0.3 is 0 Å². The number of rotatable bonds is 5. The van der Waals surface area contributed by atoms with Gasteiger partial charge in [-0.05, 0) is 55.6 Å². The Hall–Kier alpha value is -1.55. The quantitative estimate of drug-likeness (QED) is 0.329. The average molecular weight is 258 g/mol. The third kappa shape index (κ3) is 3.47. The molecule has 1 aromatic carbocycles. The lowest BCUT2D eigenvalue weighted by atomic mass is 9.98. The molecule has 0 amide bonds. The van der Waals surface area contributed by atoms with E-state index in [0.717, 1.165) is 30.0 Å². The van der Waals surface area contributed by atoms with Gasteiger partial charge < -0.3 is 5.32 Å². The van der Waals surface area contributed by atoms with Crippen molar-refractivity contribution in [2.75, 3.05) is 11.9 Å². The van der Waals surface area contributed by atoms with E-state index in [9.17, 15) is 0 Å². The lowest BCUT2D eigenvalue weighted by molar-refractivity contribution is 0.417. The number of nitrogens with zero attached hydrogens (tertiary/aromatic N) is 1. The molecule has 0 aromatic heterocycles. The van der Waals surface area contributed by atoms with Crippen LogP contribution < -0.4 is 16.6 Å². The highest BCUT2D eigenvalue weighted by atomic mass is 15.3. The Morgan fingerprint density at radius 2 is 1.79 bits per heavy atom. The zero-order chi connectivity index (χ0) is 13.1. The molecule has 4 heteroatoms. The lowest BCUT2D eigenvalue weighted by Crippen LogP contribution is -2.36. The number of guanidine groups is 1. The summed E-state index contributed by atoms with van der Waals surface area (Å²) in [4.78, 5) is 4.63. The van der Waals surface area contributed by atoms with Crippen LogP contribution in [0, 0.1) is 17.8 Å². The summed E-state index contributed by atoms with van der Waals surface area (Å²) in [6.45, 7) is 0.898. The van der Waals surface area contributed by atoms with Crippen molar-refractivity contribution >= 4 is 11.6 Å². The normalized spacial score (nSPS) is 19.6. The van der Waals surface area contributed by atoms with Gasteiger partial charge in [0, 0.05) is 12.2 Å². The molecule has 4 N–H and O–H groups in total. The first-order chi connectivity index (χ1) is 9.36. The third-order valence-electron chi connectivity index (χ3n) is 4.09. The van der Waals surface area contributed by atoms with Crippen molar-refractivity contribution in [2.24, 2.45) is 28.6 Å². The minimum Gasteiger partial charge on any atom is -0.325 e. The van der Waals surface area contributed by atoms with Gasteiger partial charge in [-0.3, -0.25) is 10.4 Å². The second-order valence-corrected chi connectivity index (χ2v) is 5.66. The highest BCUT2D eigenvalue weighted by Gasteiger charge is 2.41. The highest BCUT2D eigenvalue weighted by Crippen LogP contribution is 2.49. The minimum absolute atomic E-state index is 0.664. The van der Waals surface area contributed by atoms with Crippen LogP contribution in [-0.2, 0) is 0 Å². The summed E-state index contributed by atoms with van der Waals surface area (Å²) in [6.07, 6.45) is 5.59. The Bertz CT molecular complexity index is 423. The number of aliphatic imine (C=N–C) groups is 1. The Morgan fingerprint density at radius 1 is 1.16 bits per heavy atom. The second-order valence-electron chi connectivity index (χ2n) is 5.66. The SMILES string of the molecule is NNC(=NCC(C1CC1)C1CC1)Nc1ccccc1. The average Bonchev–Trinajstić information content (AvgIpc) is 3.31. The minimum atomic E-state index is 0.664. The van der Waals surface area contributed by atoms with Crippen molar-refractivity contribution in [2.45, 2.75) is 25.7 Å². The van der Waals surface area contributed by atoms with E-state index < -0.39 is 0 Å². The van der Waals surface area contributed by atoms with E-state index in [4.69, 9.17) is 5.84 Å². The molecular formula is C15H22N4. The Morgan fingerprint density at radius 3 is 2.32 bits per heavy atom. The molecule has 0 radical (unpaired) electrons. The number of hydrazine groups is 1. The van der Waals surface area contributed by atoms with Crippen LogP contribution in [0.1, 0.15) is 25.7 Å². The van der Waals surface area contributed by atoms with E-state index in [0.29, 0.717) is 5.96 Å². The molecule has 2 fully saturated rings. The molecule has 0 atom stereocenters. The zero-order valence-electron chi connectivity index (χ0n) is 11.2. The van der Waals surface area contributed by atoms with E-state index >= 15 is 0 Å². The van der Waals surface area contributed by atoms with Gasteiger partial charge in [0.05, 0.1) is 0 Å². The molecule has 2 aliphatic carbocycles. The fraction of sp³-hybridized carbons (Fsp3) is 0.533. The van der Waals surface area contributed by atoms with Crippen LogP contribution in [0.5, 0.6) is 0 Å². The molecule has 19 heavy (non-hydrogen) atoms. The molecule has 0 unspecified atom stereocenters. The van der Waals surface area contributed by atoms with Crippen molar-refractivity contribution < 1.29 is 0 Å². The first-order valence-corrected chi connectivity index (χ1v) is 7.20. The first-order valence-electron chi connectivity index (χ1n) is 7.20. The number of hydrogen-bond acceptors (Lipinski definition) is 2. The van der Waals surface area contributed by atoms with Gasteiger partial charge in [-0.2, -0.15) is 0 Å². The Kier molecular flexibility index (Phi) is 3.69. The molecule has 0 aliphatic heterocycles. The summed E-state index contributed by atoms with van der Waals surface area (Å²) in [5, 5.41) is 3.22. The zero-order valence-corrected chi connectivity index (χ0v) is 11.2. The smallest absolute Gasteiger partial charge is 0.210 e. The molecule has 2 saturated carbocycles. The Balaban J connectivity index is 1.59. The monoisotopic (exact) mass is 258 g/mol. The van der Waals surface area contributed by atoms with Crippen molar-refractivity contribution in [3.05, 3.63) is 30.3 Å². The van der Waals surface area contributed by atoms with Crippen LogP contribution in [0.2, 0.25) is 0 Å². The summed E-state index contributed by atoms with van der Waals surface area (Å²) in [7, 11) is 0. The van der Waals surface area contributed by atoms with Crippen molar-refractivity contribution in [1.82, 2.24) is 5.43 Å². The summed E-state index contributed by atoms with van der Waals surface area (Å²) in [6, 6.07) is 9.99. The Labute approximate surface area is 114 Å². The summed E-state index contributed by atoms with van der Waals surface area (Å²) in [5.74, 6) is 8.84. The van der Waals surface area contributed by atoms with E-state index in [1.165, 1.54) is 25.7 Å². The fourth-order valence-electron chi connectivity index (χ4n) is 2.71. The number of benzene rings is 1. The molecular weight excluding hydrogens is 236 g/mol. The molecule has 0 saturated heterocycles. The summed E-state index contributed by atoms with van der Waals surface area (Å²) >= 11 is 0. The second kappa shape index (κ2) is 5.61. The molecule has 4 nitrogen and oxygen atoms in total. The van der Waals surface area contributed by atoms with E-state index in [-0.39, 0.29) is 0 Å². The van der Waals surface area contributed by atoms with Crippen LogP contribution in [0.3, 0.4) is 0 Å². The van der Waals surface area contributed by atoms with E-state index in [2.05, 4.69) is 15.7 Å². The van der Waals surface area contributed by atoms with Crippen LogP contribution >= 0.6 is 0 Å². The van der Waals surface area contributed by atoms with Crippen molar-refractivity contribution in [3.63, 3.8) is 0 Å². The number of nitrogens with one attached hydrogen (secondary N) is 2. The highest BCUT2D eigenvalue weighted by molar-refractivity contribution is 5.93. The van der Waals surface area contributed by atoms with Crippen LogP contribution in [0.4, 0.5) is 5.69 Å². The van der Waals surface area contributed by atoms with Crippen molar-refractivity contribution in [1.29, 1.82) is 0 Å². The van der Waals surface area contributed by atoms with Gasteiger partial charge in [0.1, 0.15) is 0 Å². The molecule has 0 spiro atoms. The largest absolute Gasteiger partial charge is 0.325 e. The first kappa shape index (κ1) is 12.5. The lowest BCUT2D eigenvalue weighted by Gasteiger charge is -2.14. The van der Waals surface area contributed by atoms with Gasteiger partial charge in [0.2, 0.25) is 5.96 Å². The fourth-order valence-corrected chi connectivity index (χ4v) is 2.71. The molecule has 2 aliphatic rings. The van der Waals surface area contributed by atoms with Gasteiger partial charge in [0.15, 0.2) is 0 Å². The van der Waals surface area contributed by atoms with Gasteiger partial charge in [0.25, 0.3) is 0 Å². The maximum atomic E-state index is 5.55. The number of nitrogens with two attached hydrogens (primary N) is 1. The van der Waals surface area contributed by atoms with E-state index in [1.54, 1.807) is 0 Å². The molecule has 0 heterocycles. The van der Waals surface area contributed by atoms with Gasteiger partial charge in [-0.15, -0.1) is 0 Å². The molecule has 3 rings (SSSR count). The molecule has 0 bridgehead atoms. The number of anilines is 1. The van der Waals surface area contributed by atoms with Crippen LogP contribution in [-0.4, -0.2) is 12.5 Å². The number of para-hydroxylation sites is 1. The standard InChI is InChI=1S/C15H22N4/c16-19-15(18-13-4-2-1-3-5-13)17-10-14(11-6-7-11)12-8-9-12/h1-5,11-12,14H,6-10,16H2,(H2,17,18,19). The number of hydrogen-bond donors (Lipinski definition) is 3. The van der Waals surface area contributed by atoms with Crippen LogP contribution in [0.25, 0.3) is 0 Å². The molecule has 1 aromatic rings. The van der Waals surface area contributed by atoms with Gasteiger partial charge in [-0.25, -0.2) is 5.84 Å². The maximum Gasteiger partial charge on any atom is 0.210 e. The topological polar surface area (TPSA) is 62.4 Å². The maximum absolute atomic E-state index is 5.55. The molecule has 102 valence electrons. The summed E-state index contributed by atoms with van der Waals surface area (Å²) < 4.78 is 0. The predicted octanol–water partition coefficient (Wildman–Crippen LogP) is 2.35. The summed E-state index contributed by atoms with van der Waals surface area (Å²) in [5.41, 5.74) is 3.67. The van der Waals surface area contributed by atoms with E-state index in [1.807, 2.05) is 30.3 Å². The predicted molar refractivity (Wildman–Crippen MR) is 78.6 cm³/mol. The third-order valence-corrected chi connectivity index (χ3v) is 4.09.